The Hall–Kier alpha value is -6.62. The molecule has 0 N–H and O–H groups in total. The summed E-state index contributed by atoms with van der Waals surface area (Å²) in [5, 5.41) is 7.27. The molecule has 0 saturated carbocycles. The van der Waals surface area contributed by atoms with Gasteiger partial charge in [-0.05, 0) is 78.4 Å². The number of aromatic nitrogens is 1. The van der Waals surface area contributed by atoms with Crippen LogP contribution in [0.25, 0.3) is 80.7 Å². The van der Waals surface area contributed by atoms with Gasteiger partial charge in [-0.1, -0.05) is 109 Å². The molecule has 0 aliphatic heterocycles. The van der Waals surface area contributed by atoms with Crippen molar-refractivity contribution < 1.29 is 4.42 Å². The average molecular weight is 683 g/mol. The monoisotopic (exact) mass is 682 g/mol. The van der Waals surface area contributed by atoms with Crippen LogP contribution < -0.4 is 4.90 Å². The molecule has 0 amide bonds. The summed E-state index contributed by atoms with van der Waals surface area (Å²) in [6.07, 6.45) is 0. The molecule has 3 heterocycles. The van der Waals surface area contributed by atoms with E-state index >= 15 is 0 Å². The fourth-order valence-corrected chi connectivity index (χ4v) is 9.13. The first-order chi connectivity index (χ1) is 25.8. The summed E-state index contributed by atoms with van der Waals surface area (Å²) in [6.45, 7) is 0. The summed E-state index contributed by atoms with van der Waals surface area (Å²) in [6, 6.07) is 65.6. The van der Waals surface area contributed by atoms with Crippen LogP contribution in [0.5, 0.6) is 0 Å². The molecular formula is C48H30N2OS. The Morgan fingerprint density at radius 3 is 2.02 bits per heavy atom. The zero-order valence-corrected chi connectivity index (χ0v) is 28.8. The summed E-state index contributed by atoms with van der Waals surface area (Å²) >= 11 is 1.86. The van der Waals surface area contributed by atoms with Gasteiger partial charge in [0, 0.05) is 64.3 Å². The van der Waals surface area contributed by atoms with Crippen molar-refractivity contribution in [3.63, 3.8) is 0 Å². The molecule has 0 aliphatic rings. The third-order valence-electron chi connectivity index (χ3n) is 10.4. The topological polar surface area (TPSA) is 21.3 Å². The highest BCUT2D eigenvalue weighted by Crippen LogP contribution is 2.45. The van der Waals surface area contributed by atoms with E-state index in [1.807, 2.05) is 23.5 Å². The molecule has 0 aliphatic carbocycles. The summed E-state index contributed by atoms with van der Waals surface area (Å²) in [5.74, 6) is 0. The molecule has 3 nitrogen and oxygen atoms in total. The van der Waals surface area contributed by atoms with Gasteiger partial charge in [-0.25, -0.2) is 0 Å². The molecule has 0 spiro atoms. The number of fused-ring (bicyclic) bond motifs is 9. The van der Waals surface area contributed by atoms with E-state index in [1.165, 1.54) is 42.0 Å². The van der Waals surface area contributed by atoms with E-state index in [-0.39, 0.29) is 0 Å². The van der Waals surface area contributed by atoms with E-state index in [0.717, 1.165) is 55.8 Å². The van der Waals surface area contributed by atoms with Crippen molar-refractivity contribution in [3.8, 4) is 16.8 Å². The van der Waals surface area contributed by atoms with Crippen molar-refractivity contribution in [2.75, 3.05) is 4.90 Å². The van der Waals surface area contributed by atoms with E-state index in [1.54, 1.807) is 0 Å². The van der Waals surface area contributed by atoms with Gasteiger partial charge < -0.3 is 13.9 Å². The fraction of sp³-hybridized carbons (Fsp3) is 0. The minimum Gasteiger partial charge on any atom is -0.456 e. The second-order valence-electron chi connectivity index (χ2n) is 13.3. The Kier molecular flexibility index (Phi) is 6.42. The number of anilines is 3. The van der Waals surface area contributed by atoms with E-state index in [4.69, 9.17) is 4.42 Å². The molecule has 0 bridgehead atoms. The molecule has 11 rings (SSSR count). The van der Waals surface area contributed by atoms with Crippen molar-refractivity contribution in [2.24, 2.45) is 0 Å². The first kappa shape index (κ1) is 29.1. The van der Waals surface area contributed by atoms with Gasteiger partial charge in [-0.15, -0.1) is 11.3 Å². The van der Waals surface area contributed by atoms with E-state index in [2.05, 4.69) is 179 Å². The number of thiophene rings is 1. The number of hydrogen-bond acceptors (Lipinski definition) is 3. The maximum atomic E-state index is 6.28. The maximum absolute atomic E-state index is 6.28. The van der Waals surface area contributed by atoms with Crippen LogP contribution in [-0.4, -0.2) is 4.57 Å². The number of benzene rings is 8. The molecule has 4 heteroatoms. The smallest absolute Gasteiger partial charge is 0.135 e. The lowest BCUT2D eigenvalue weighted by atomic mass is 10.0. The lowest BCUT2D eigenvalue weighted by molar-refractivity contribution is 0.669. The van der Waals surface area contributed by atoms with E-state index in [0.29, 0.717) is 0 Å². The third kappa shape index (κ3) is 4.45. The SMILES string of the molecule is c1ccc(-c2ccccc2N(c2ccc3oc4ccccc4c3c2)c2ccc3c4ccccc4n(-c4ccc5sc6ccccc6c5c4)c3c2)cc1. The highest BCUT2D eigenvalue weighted by Gasteiger charge is 2.21. The third-order valence-corrected chi connectivity index (χ3v) is 11.5. The fourth-order valence-electron chi connectivity index (χ4n) is 8.04. The van der Waals surface area contributed by atoms with Gasteiger partial charge in [0.15, 0.2) is 0 Å². The Balaban J connectivity index is 1.19. The number of furan rings is 1. The quantitative estimate of drug-likeness (QED) is 0.180. The molecule has 52 heavy (non-hydrogen) atoms. The first-order valence-electron chi connectivity index (χ1n) is 17.6. The molecule has 0 radical (unpaired) electrons. The summed E-state index contributed by atoms with van der Waals surface area (Å²) in [7, 11) is 0. The van der Waals surface area contributed by atoms with Gasteiger partial charge in [0.25, 0.3) is 0 Å². The van der Waals surface area contributed by atoms with Crippen LogP contribution in [0.15, 0.2) is 186 Å². The van der Waals surface area contributed by atoms with Crippen LogP contribution in [0, 0.1) is 0 Å². The Labute approximate surface area is 303 Å². The van der Waals surface area contributed by atoms with Crippen LogP contribution in [0.3, 0.4) is 0 Å². The molecule has 0 saturated heterocycles. The Morgan fingerprint density at radius 1 is 0.423 bits per heavy atom. The van der Waals surface area contributed by atoms with Crippen molar-refractivity contribution in [1.29, 1.82) is 0 Å². The van der Waals surface area contributed by atoms with Gasteiger partial charge >= 0.3 is 0 Å². The molecule has 0 fully saturated rings. The molecular weight excluding hydrogens is 653 g/mol. The first-order valence-corrected chi connectivity index (χ1v) is 18.4. The lowest BCUT2D eigenvalue weighted by Crippen LogP contribution is -2.11. The summed E-state index contributed by atoms with van der Waals surface area (Å²) in [4.78, 5) is 2.40. The van der Waals surface area contributed by atoms with E-state index < -0.39 is 0 Å². The highest BCUT2D eigenvalue weighted by atomic mass is 32.1. The van der Waals surface area contributed by atoms with Crippen LogP contribution in [0.2, 0.25) is 0 Å². The molecule has 11 aromatic rings. The number of nitrogens with zero attached hydrogens (tertiary/aromatic N) is 2. The zero-order valence-electron chi connectivity index (χ0n) is 28.0. The molecule has 8 aromatic carbocycles. The largest absolute Gasteiger partial charge is 0.456 e. The number of hydrogen-bond donors (Lipinski definition) is 0. The van der Waals surface area contributed by atoms with Crippen molar-refractivity contribution >= 4 is 92.3 Å². The standard InChI is InChI=1S/C48H30N2OS/c1-2-12-31(13-3-1)35-14-4-8-18-42(35)49(32-23-26-46-40(28-32)38-16-6-10-20-45(38)51-46)34-22-25-37-36-15-5-9-19-43(36)50(44(37)30-34)33-24-27-48-41(29-33)39-17-7-11-21-47(39)52-48/h1-30H. The molecule has 0 atom stereocenters. The van der Waals surface area contributed by atoms with Crippen molar-refractivity contribution in [1.82, 2.24) is 4.57 Å². The minimum atomic E-state index is 0.883. The number of rotatable bonds is 5. The van der Waals surface area contributed by atoms with Gasteiger partial charge in [0.05, 0.1) is 16.7 Å². The summed E-state index contributed by atoms with van der Waals surface area (Å²) in [5.41, 5.74) is 10.9. The zero-order chi connectivity index (χ0) is 34.2. The van der Waals surface area contributed by atoms with Gasteiger partial charge in [0.1, 0.15) is 11.2 Å². The molecule has 3 aromatic heterocycles. The van der Waals surface area contributed by atoms with Crippen LogP contribution >= 0.6 is 11.3 Å². The highest BCUT2D eigenvalue weighted by molar-refractivity contribution is 7.25. The predicted molar refractivity (Wildman–Crippen MR) is 221 cm³/mol. The second kappa shape index (κ2) is 11.5. The predicted octanol–water partition coefficient (Wildman–Crippen LogP) is 14.2. The van der Waals surface area contributed by atoms with Gasteiger partial charge in [0.2, 0.25) is 0 Å². The Morgan fingerprint density at radius 2 is 1.10 bits per heavy atom. The van der Waals surface area contributed by atoms with Crippen molar-refractivity contribution in [2.45, 2.75) is 0 Å². The van der Waals surface area contributed by atoms with Gasteiger partial charge in [-0.3, -0.25) is 0 Å². The van der Waals surface area contributed by atoms with Crippen LogP contribution in [0.4, 0.5) is 17.1 Å². The lowest BCUT2D eigenvalue weighted by Gasteiger charge is -2.28. The van der Waals surface area contributed by atoms with E-state index in [9.17, 15) is 0 Å². The van der Waals surface area contributed by atoms with Crippen LogP contribution in [0.1, 0.15) is 0 Å². The van der Waals surface area contributed by atoms with Crippen molar-refractivity contribution in [3.05, 3.63) is 182 Å². The normalized spacial score (nSPS) is 11.8. The number of para-hydroxylation sites is 3. The molecule has 0 unspecified atom stereocenters. The molecule has 244 valence electrons. The summed E-state index contributed by atoms with van der Waals surface area (Å²) < 4.78 is 11.3. The minimum absolute atomic E-state index is 0.883. The maximum Gasteiger partial charge on any atom is 0.135 e. The average Bonchev–Trinajstić information content (AvgIpc) is 3.87. The van der Waals surface area contributed by atoms with Crippen LogP contribution in [-0.2, 0) is 0 Å². The Bertz CT molecular complexity index is 3150. The second-order valence-corrected chi connectivity index (χ2v) is 14.4. The van der Waals surface area contributed by atoms with Gasteiger partial charge in [-0.2, -0.15) is 0 Å².